The number of carbonyl (C=O) groups excluding carboxylic acids is 1. The molecule has 4 aromatic rings. The minimum atomic E-state index is 0.0278. The van der Waals surface area contributed by atoms with Gasteiger partial charge in [-0.3, -0.25) is 9.78 Å². The average molecular weight is 338 g/mol. The van der Waals surface area contributed by atoms with E-state index >= 15 is 0 Å². The number of thiazole rings is 1. The lowest BCUT2D eigenvalue weighted by atomic mass is 10.0. The third-order valence-corrected chi connectivity index (χ3v) is 4.80. The van der Waals surface area contributed by atoms with Crippen LogP contribution < -0.4 is 5.73 Å². The van der Waals surface area contributed by atoms with E-state index in [2.05, 4.69) is 20.1 Å². The molecule has 0 unspecified atom stereocenters. The average Bonchev–Trinajstić information content (AvgIpc) is 3.18. The largest absolute Gasteiger partial charge is 0.375 e. The van der Waals surface area contributed by atoms with Crippen molar-refractivity contribution in [2.75, 3.05) is 5.73 Å². The molecule has 7 nitrogen and oxygen atoms in total. The minimum Gasteiger partial charge on any atom is -0.375 e. The van der Waals surface area contributed by atoms with Gasteiger partial charge in [-0.15, -0.1) is 0 Å². The Kier molecular flexibility index (Phi) is 3.27. The molecule has 0 saturated heterocycles. The zero-order valence-electron chi connectivity index (χ0n) is 13.1. The van der Waals surface area contributed by atoms with Crippen molar-refractivity contribution < 1.29 is 4.79 Å². The number of Topliss-reactive ketones (excluding diaryl/α,β-unsaturated/α-hetero) is 1. The Hall–Kier alpha value is -2.87. The fourth-order valence-corrected chi connectivity index (χ4v) is 3.50. The van der Waals surface area contributed by atoms with Gasteiger partial charge in [-0.2, -0.15) is 5.10 Å². The summed E-state index contributed by atoms with van der Waals surface area (Å²) in [5, 5.41) is 4.76. The topological polar surface area (TPSA) is 99.1 Å². The Labute approximate surface area is 141 Å². The Balaban J connectivity index is 1.98. The lowest BCUT2D eigenvalue weighted by molar-refractivity contribution is 0.0983. The molecular weight excluding hydrogens is 324 g/mol. The molecule has 0 aliphatic heterocycles. The van der Waals surface area contributed by atoms with Crippen LogP contribution in [0.4, 0.5) is 5.13 Å². The van der Waals surface area contributed by atoms with Crippen LogP contribution in [0.1, 0.15) is 29.4 Å². The van der Waals surface area contributed by atoms with E-state index in [1.54, 1.807) is 10.7 Å². The first-order chi connectivity index (χ1) is 11.6. The van der Waals surface area contributed by atoms with Crippen molar-refractivity contribution in [3.05, 3.63) is 35.9 Å². The van der Waals surface area contributed by atoms with Crippen LogP contribution in [-0.2, 0) is 0 Å². The molecule has 4 rings (SSSR count). The Morgan fingerprint density at radius 3 is 2.88 bits per heavy atom. The van der Waals surface area contributed by atoms with E-state index in [0.29, 0.717) is 22.9 Å². The van der Waals surface area contributed by atoms with E-state index in [0.717, 1.165) is 27.0 Å². The summed E-state index contributed by atoms with van der Waals surface area (Å²) in [6.45, 7) is 3.78. The van der Waals surface area contributed by atoms with Crippen molar-refractivity contribution in [1.82, 2.24) is 24.6 Å². The van der Waals surface area contributed by atoms with E-state index in [-0.39, 0.29) is 5.78 Å². The maximum Gasteiger partial charge on any atom is 0.182 e. The molecule has 120 valence electrons. The minimum absolute atomic E-state index is 0.0278. The first-order valence-corrected chi connectivity index (χ1v) is 8.29. The number of ketones is 1. The van der Waals surface area contributed by atoms with Crippen molar-refractivity contribution in [1.29, 1.82) is 0 Å². The summed E-state index contributed by atoms with van der Waals surface area (Å²) >= 11 is 1.37. The van der Waals surface area contributed by atoms with E-state index in [1.165, 1.54) is 17.7 Å². The molecule has 0 fully saturated rings. The molecule has 4 aromatic heterocycles. The normalized spacial score (nSPS) is 11.4. The summed E-state index contributed by atoms with van der Waals surface area (Å²) in [4.78, 5) is 25.7. The van der Waals surface area contributed by atoms with Crippen molar-refractivity contribution in [3.63, 3.8) is 0 Å². The van der Waals surface area contributed by atoms with E-state index < -0.39 is 0 Å². The van der Waals surface area contributed by atoms with Crippen LogP contribution in [-0.4, -0.2) is 30.3 Å². The lowest BCUT2D eigenvalue weighted by Crippen LogP contribution is -2.02. The van der Waals surface area contributed by atoms with Crippen LogP contribution in [0.25, 0.3) is 27.1 Å². The zero-order valence-corrected chi connectivity index (χ0v) is 14.0. The Morgan fingerprint density at radius 1 is 1.29 bits per heavy atom. The molecule has 0 spiro atoms. The fourth-order valence-electron chi connectivity index (χ4n) is 2.73. The van der Waals surface area contributed by atoms with Crippen molar-refractivity contribution >= 4 is 38.2 Å². The lowest BCUT2D eigenvalue weighted by Gasteiger charge is -2.08. The van der Waals surface area contributed by atoms with Crippen molar-refractivity contribution in [3.8, 4) is 11.1 Å². The number of pyridine rings is 2. The van der Waals surface area contributed by atoms with Crippen molar-refractivity contribution in [2.24, 2.45) is 0 Å². The predicted octanol–water partition coefficient (Wildman–Crippen LogP) is 2.88. The highest BCUT2D eigenvalue weighted by molar-refractivity contribution is 7.21. The summed E-state index contributed by atoms with van der Waals surface area (Å²) in [5.41, 5.74) is 10.5. The molecular formula is C16H14N6OS. The Morgan fingerprint density at radius 2 is 2.12 bits per heavy atom. The number of rotatable bonds is 3. The van der Waals surface area contributed by atoms with Gasteiger partial charge in [-0.25, -0.2) is 14.5 Å². The van der Waals surface area contributed by atoms with Gasteiger partial charge in [0.05, 0.1) is 0 Å². The van der Waals surface area contributed by atoms with Crippen LogP contribution in [0.3, 0.4) is 0 Å². The van der Waals surface area contributed by atoms with Gasteiger partial charge in [0, 0.05) is 23.7 Å². The molecule has 0 saturated carbocycles. The number of hydrogen-bond donors (Lipinski definition) is 1. The van der Waals surface area contributed by atoms with E-state index in [9.17, 15) is 4.79 Å². The quantitative estimate of drug-likeness (QED) is 0.577. The van der Waals surface area contributed by atoms with Gasteiger partial charge in [-0.1, -0.05) is 18.3 Å². The van der Waals surface area contributed by atoms with Gasteiger partial charge in [0.2, 0.25) is 0 Å². The van der Waals surface area contributed by atoms with Gasteiger partial charge in [0.25, 0.3) is 0 Å². The second-order valence-corrected chi connectivity index (χ2v) is 6.47. The van der Waals surface area contributed by atoms with E-state index in [4.69, 9.17) is 5.73 Å². The smallest absolute Gasteiger partial charge is 0.182 e. The Bertz CT molecular complexity index is 1100. The summed E-state index contributed by atoms with van der Waals surface area (Å²) in [6, 6.07) is 3.76. The number of aryl methyl sites for hydroxylation is 1. The van der Waals surface area contributed by atoms with Gasteiger partial charge >= 0.3 is 0 Å². The third-order valence-electron chi connectivity index (χ3n) is 3.92. The van der Waals surface area contributed by atoms with Crippen molar-refractivity contribution in [2.45, 2.75) is 20.3 Å². The monoisotopic (exact) mass is 338 g/mol. The van der Waals surface area contributed by atoms with Crippen LogP contribution in [0, 0.1) is 6.92 Å². The second kappa shape index (κ2) is 5.34. The molecule has 4 heterocycles. The number of nitrogens with zero attached hydrogens (tertiary/aromatic N) is 5. The molecule has 0 atom stereocenters. The summed E-state index contributed by atoms with van der Waals surface area (Å²) in [7, 11) is 0. The van der Waals surface area contributed by atoms with Crippen LogP contribution in [0.15, 0.2) is 24.7 Å². The van der Waals surface area contributed by atoms with Gasteiger partial charge in [-0.05, 0) is 24.6 Å². The van der Waals surface area contributed by atoms with Gasteiger partial charge in [0.1, 0.15) is 22.4 Å². The van der Waals surface area contributed by atoms with Gasteiger partial charge in [0.15, 0.2) is 16.6 Å². The van der Waals surface area contributed by atoms with Crippen LogP contribution >= 0.6 is 11.3 Å². The SMILES string of the molecule is CCC(=O)c1cc(C)c(-c2cc3nc(N)sc3n3ncnc23)cn1. The molecule has 24 heavy (non-hydrogen) atoms. The first kappa shape index (κ1) is 14.7. The fraction of sp³-hybridized carbons (Fsp3) is 0.188. The van der Waals surface area contributed by atoms with Gasteiger partial charge < -0.3 is 5.73 Å². The molecule has 0 bridgehead atoms. The van der Waals surface area contributed by atoms with Crippen LogP contribution in [0.2, 0.25) is 0 Å². The van der Waals surface area contributed by atoms with Crippen LogP contribution in [0.5, 0.6) is 0 Å². The summed E-state index contributed by atoms with van der Waals surface area (Å²) in [6.07, 6.45) is 3.65. The first-order valence-electron chi connectivity index (χ1n) is 7.47. The maximum absolute atomic E-state index is 11.9. The number of hydrogen-bond acceptors (Lipinski definition) is 7. The predicted molar refractivity (Wildman–Crippen MR) is 93.2 cm³/mol. The molecule has 0 amide bonds. The molecule has 0 aromatic carbocycles. The number of nitrogens with two attached hydrogens (primary N) is 1. The summed E-state index contributed by atoms with van der Waals surface area (Å²) in [5.74, 6) is 0.0278. The summed E-state index contributed by atoms with van der Waals surface area (Å²) < 4.78 is 1.74. The number of aromatic nitrogens is 5. The standard InChI is InChI=1S/C16H14N6OS/c1-3-13(23)11-4-8(2)10(6-18-11)9-5-12-15(24-16(17)21-12)22-14(9)19-7-20-22/h4-7H,3H2,1-2H3,(H2,17,21). The number of anilines is 1. The highest BCUT2D eigenvalue weighted by atomic mass is 32.1. The number of carbonyl (C=O) groups is 1. The number of fused-ring (bicyclic) bond motifs is 3. The molecule has 0 aliphatic rings. The second-order valence-electron chi connectivity index (χ2n) is 5.46. The highest BCUT2D eigenvalue weighted by Crippen LogP contribution is 2.32. The maximum atomic E-state index is 11.9. The molecule has 0 radical (unpaired) electrons. The highest BCUT2D eigenvalue weighted by Gasteiger charge is 2.16. The zero-order chi connectivity index (χ0) is 16.8. The third kappa shape index (κ3) is 2.15. The van der Waals surface area contributed by atoms with E-state index in [1.807, 2.05) is 26.0 Å². The molecule has 8 heteroatoms. The molecule has 2 N–H and O–H groups in total. The number of nitrogen functional groups attached to an aromatic ring is 1. The molecule has 0 aliphatic carbocycles.